The van der Waals surface area contributed by atoms with Crippen LogP contribution in [-0.4, -0.2) is 52.6 Å². The molecule has 9 heteroatoms. The number of nitriles is 1. The van der Waals surface area contributed by atoms with E-state index in [4.69, 9.17) is 9.97 Å². The van der Waals surface area contributed by atoms with Gasteiger partial charge in [-0.25, -0.2) is 18.7 Å². The summed E-state index contributed by atoms with van der Waals surface area (Å²) in [5, 5.41) is 11.3. The maximum Gasteiger partial charge on any atom is 0.191 e. The Morgan fingerprint density at radius 3 is 2.40 bits per heavy atom. The molecule has 1 aliphatic rings. The number of fused-ring (bicyclic) bond motifs is 1. The number of rotatable bonds is 6. The van der Waals surface area contributed by atoms with Crippen LogP contribution < -0.4 is 9.80 Å². The van der Waals surface area contributed by atoms with Crippen molar-refractivity contribution in [2.24, 2.45) is 0 Å². The molecule has 0 bridgehead atoms. The van der Waals surface area contributed by atoms with E-state index in [-0.39, 0.29) is 29.1 Å². The number of hydrogen-bond donors (Lipinski definition) is 0. The lowest BCUT2D eigenvalue weighted by atomic mass is 10.0. The van der Waals surface area contributed by atoms with Crippen molar-refractivity contribution in [1.82, 2.24) is 14.9 Å². The number of aromatic nitrogens is 2. The van der Waals surface area contributed by atoms with Crippen molar-refractivity contribution in [2.75, 3.05) is 36.0 Å². The fraction of sp³-hybridized carbons (Fsp3) is 0.424. The van der Waals surface area contributed by atoms with Crippen LogP contribution in [0.4, 0.5) is 25.3 Å². The van der Waals surface area contributed by atoms with Crippen molar-refractivity contribution in [3.8, 4) is 17.3 Å². The van der Waals surface area contributed by atoms with Gasteiger partial charge in [0.2, 0.25) is 0 Å². The second-order valence-corrected chi connectivity index (χ2v) is 13.2. The highest BCUT2D eigenvalue weighted by Crippen LogP contribution is 2.41. The minimum atomic E-state index is -0.350. The van der Waals surface area contributed by atoms with Gasteiger partial charge in [-0.3, -0.25) is 4.90 Å². The molecule has 1 fully saturated rings. The van der Waals surface area contributed by atoms with E-state index in [0.29, 0.717) is 38.7 Å². The van der Waals surface area contributed by atoms with Crippen molar-refractivity contribution in [3.63, 3.8) is 0 Å². The highest BCUT2D eigenvalue weighted by Gasteiger charge is 2.31. The quantitative estimate of drug-likeness (QED) is 0.227. The van der Waals surface area contributed by atoms with Crippen molar-refractivity contribution in [1.29, 1.82) is 5.26 Å². The first-order chi connectivity index (χ1) is 19.9. The molecule has 1 saturated heterocycles. The minimum absolute atomic E-state index is 0.0731. The number of benzene rings is 2. The predicted molar refractivity (Wildman–Crippen MR) is 169 cm³/mol. The van der Waals surface area contributed by atoms with Gasteiger partial charge in [0.15, 0.2) is 10.9 Å². The first-order valence-electron chi connectivity index (χ1n) is 14.5. The fourth-order valence-electron chi connectivity index (χ4n) is 5.62. The van der Waals surface area contributed by atoms with Gasteiger partial charge >= 0.3 is 0 Å². The molecule has 2 aromatic carbocycles. The third kappa shape index (κ3) is 5.70. The molecule has 0 amide bonds. The summed E-state index contributed by atoms with van der Waals surface area (Å²) in [5.41, 5.74) is 4.00. The summed E-state index contributed by atoms with van der Waals surface area (Å²) >= 11 is 1.28. The van der Waals surface area contributed by atoms with E-state index in [1.54, 1.807) is 18.2 Å². The number of nitrogens with zero attached hydrogens (tertiary/aromatic N) is 6. The molecular formula is C33H38F2N6S. The lowest BCUT2D eigenvalue weighted by Gasteiger charge is -2.46. The zero-order valence-corrected chi connectivity index (χ0v) is 26.2. The van der Waals surface area contributed by atoms with Crippen LogP contribution >= 0.6 is 11.3 Å². The van der Waals surface area contributed by atoms with Gasteiger partial charge in [0.1, 0.15) is 28.0 Å². The Balaban J connectivity index is 1.63. The van der Waals surface area contributed by atoms with Gasteiger partial charge in [-0.15, -0.1) is 0 Å². The normalized spacial score (nSPS) is 16.3. The average molecular weight is 589 g/mol. The molecule has 0 radical (unpaired) electrons. The summed E-state index contributed by atoms with van der Waals surface area (Å²) in [5.74, 6) is -0.617. The Bertz CT molecular complexity index is 1630. The molecule has 42 heavy (non-hydrogen) atoms. The van der Waals surface area contributed by atoms with E-state index >= 15 is 4.39 Å². The third-order valence-electron chi connectivity index (χ3n) is 8.02. The zero-order chi connectivity index (χ0) is 30.3. The SMILES string of the molecule is CCN(c1nc(-c2ccc(F)cc2)c(C#N)s1)c1cc(C(C)C)nc2c(F)cc(N3CCN(C(C)(C)C)CC3C)cc12. The molecule has 1 unspecified atom stereocenters. The van der Waals surface area contributed by atoms with Crippen LogP contribution in [0.25, 0.3) is 22.2 Å². The Hall–Kier alpha value is -3.61. The first-order valence-corrected chi connectivity index (χ1v) is 15.3. The second kappa shape index (κ2) is 11.6. The molecule has 0 spiro atoms. The van der Waals surface area contributed by atoms with E-state index in [1.165, 1.54) is 23.5 Å². The second-order valence-electron chi connectivity index (χ2n) is 12.2. The highest BCUT2D eigenvalue weighted by atomic mass is 32.1. The summed E-state index contributed by atoms with van der Waals surface area (Å²) < 4.78 is 29.6. The number of halogens is 2. The Morgan fingerprint density at radius 1 is 1.10 bits per heavy atom. The molecule has 5 rings (SSSR count). The highest BCUT2D eigenvalue weighted by molar-refractivity contribution is 7.16. The van der Waals surface area contributed by atoms with Crippen LogP contribution in [0.3, 0.4) is 0 Å². The van der Waals surface area contributed by atoms with E-state index in [1.807, 2.05) is 31.7 Å². The fourth-order valence-corrected chi connectivity index (χ4v) is 6.58. The number of piperazine rings is 1. The van der Waals surface area contributed by atoms with Crippen LogP contribution in [-0.2, 0) is 0 Å². The number of hydrogen-bond acceptors (Lipinski definition) is 7. The van der Waals surface area contributed by atoms with Crippen LogP contribution in [0.1, 0.15) is 65.0 Å². The molecule has 0 saturated carbocycles. The van der Waals surface area contributed by atoms with Crippen molar-refractivity contribution < 1.29 is 8.78 Å². The van der Waals surface area contributed by atoms with E-state index in [2.05, 4.69) is 49.6 Å². The van der Waals surface area contributed by atoms with Gasteiger partial charge in [0.05, 0.1) is 5.69 Å². The van der Waals surface area contributed by atoms with Gasteiger partial charge in [-0.1, -0.05) is 25.2 Å². The molecule has 0 N–H and O–H groups in total. The van der Waals surface area contributed by atoms with Crippen molar-refractivity contribution >= 4 is 38.7 Å². The van der Waals surface area contributed by atoms with E-state index < -0.39 is 0 Å². The van der Waals surface area contributed by atoms with Gasteiger partial charge in [0.25, 0.3) is 0 Å². The van der Waals surface area contributed by atoms with Gasteiger partial charge in [0, 0.05) is 60.1 Å². The van der Waals surface area contributed by atoms with Crippen LogP contribution in [0.15, 0.2) is 42.5 Å². The summed E-state index contributed by atoms with van der Waals surface area (Å²) in [7, 11) is 0. The van der Waals surface area contributed by atoms with Crippen molar-refractivity contribution in [3.05, 3.63) is 64.7 Å². The zero-order valence-electron chi connectivity index (χ0n) is 25.4. The molecular weight excluding hydrogens is 550 g/mol. The monoisotopic (exact) mass is 588 g/mol. The van der Waals surface area contributed by atoms with Gasteiger partial charge < -0.3 is 9.80 Å². The van der Waals surface area contributed by atoms with Crippen LogP contribution in [0.2, 0.25) is 0 Å². The molecule has 2 aromatic heterocycles. The third-order valence-corrected chi connectivity index (χ3v) is 9.00. The molecule has 1 aliphatic heterocycles. The Kier molecular flexibility index (Phi) is 8.23. The largest absolute Gasteiger partial charge is 0.366 e. The van der Waals surface area contributed by atoms with E-state index in [9.17, 15) is 9.65 Å². The van der Waals surface area contributed by atoms with Crippen LogP contribution in [0.5, 0.6) is 0 Å². The maximum atomic E-state index is 16.0. The first kappa shape index (κ1) is 29.9. The summed E-state index contributed by atoms with van der Waals surface area (Å²) in [6.45, 7) is 18.1. The van der Waals surface area contributed by atoms with Gasteiger partial charge in [-0.05, 0) is 83.0 Å². The lowest BCUT2D eigenvalue weighted by molar-refractivity contribution is 0.112. The van der Waals surface area contributed by atoms with Gasteiger partial charge in [-0.2, -0.15) is 5.26 Å². The number of thiazole rings is 1. The minimum Gasteiger partial charge on any atom is -0.366 e. The van der Waals surface area contributed by atoms with E-state index in [0.717, 1.165) is 36.7 Å². The van der Waals surface area contributed by atoms with Crippen molar-refractivity contribution in [2.45, 2.75) is 66.0 Å². The number of anilines is 3. The molecule has 6 nitrogen and oxygen atoms in total. The maximum absolute atomic E-state index is 16.0. The Morgan fingerprint density at radius 2 is 1.81 bits per heavy atom. The standard InChI is InChI=1S/C33H38F2N6S/c1-8-40(32-38-30(29(18-36)42-32)22-9-11-23(34)12-10-22)28-17-27(20(2)3)37-31-25(28)15-24(16-26(31)35)41-14-13-39(19-21(41)4)33(5,6)7/h9-12,15-17,20-21H,8,13-14,19H2,1-7H3. The topological polar surface area (TPSA) is 59.3 Å². The average Bonchev–Trinajstić information content (AvgIpc) is 3.37. The molecule has 0 aliphatic carbocycles. The molecule has 4 aromatic rings. The van der Waals surface area contributed by atoms with Crippen LogP contribution in [0, 0.1) is 23.0 Å². The Labute approximate surface area is 251 Å². The number of pyridine rings is 1. The molecule has 3 heterocycles. The molecule has 1 atom stereocenters. The summed E-state index contributed by atoms with van der Waals surface area (Å²) in [4.78, 5) is 16.8. The summed E-state index contributed by atoms with van der Waals surface area (Å²) in [6, 6.07) is 14.2. The summed E-state index contributed by atoms with van der Waals surface area (Å²) in [6.07, 6.45) is 0. The predicted octanol–water partition coefficient (Wildman–Crippen LogP) is 8.10. The molecule has 220 valence electrons. The lowest BCUT2D eigenvalue weighted by Crippen LogP contribution is -2.57. The smallest absolute Gasteiger partial charge is 0.191 e.